The number of rotatable bonds is 3. The van der Waals surface area contributed by atoms with Gasteiger partial charge in [-0.1, -0.05) is 44.2 Å². The molecule has 0 bridgehead atoms. The first kappa shape index (κ1) is 15.4. The first-order chi connectivity index (χ1) is 10.6. The summed E-state index contributed by atoms with van der Waals surface area (Å²) in [6.07, 6.45) is 1.12. The zero-order valence-corrected chi connectivity index (χ0v) is 14.8. The molecule has 0 amide bonds. The lowest BCUT2D eigenvalue weighted by Crippen LogP contribution is -2.29. The summed E-state index contributed by atoms with van der Waals surface area (Å²) in [5.41, 5.74) is 2.49. The van der Waals surface area contributed by atoms with E-state index in [1.807, 2.05) is 12.1 Å². The quantitative estimate of drug-likeness (QED) is 0.728. The predicted molar refractivity (Wildman–Crippen MR) is 92.5 cm³/mol. The van der Waals surface area contributed by atoms with Crippen LogP contribution in [0.25, 0.3) is 0 Å². The van der Waals surface area contributed by atoms with Gasteiger partial charge in [-0.15, -0.1) is 0 Å². The van der Waals surface area contributed by atoms with Gasteiger partial charge in [0.15, 0.2) is 0 Å². The standard InChI is InChI=1S/C19H21BrO2/c1-12(2)15-9-14-10-16(20)18(21-3)11-17(14)22-19(15)13-7-5-4-6-8-13/h4-8,10-12,15,19H,9H2,1-3H3/t15-,19-/m1/s1. The third-order valence-electron chi connectivity index (χ3n) is 4.42. The largest absolute Gasteiger partial charge is 0.495 e. The minimum absolute atomic E-state index is 0.0968. The highest BCUT2D eigenvalue weighted by atomic mass is 79.9. The molecule has 1 aliphatic rings. The number of hydrogen-bond acceptors (Lipinski definition) is 2. The van der Waals surface area contributed by atoms with Crippen LogP contribution in [0.15, 0.2) is 46.9 Å². The summed E-state index contributed by atoms with van der Waals surface area (Å²) in [6.45, 7) is 4.54. The highest BCUT2D eigenvalue weighted by Crippen LogP contribution is 2.44. The molecule has 3 heteroatoms. The van der Waals surface area contributed by atoms with Crippen molar-refractivity contribution in [2.75, 3.05) is 7.11 Å². The zero-order chi connectivity index (χ0) is 15.7. The number of ether oxygens (including phenoxy) is 2. The monoisotopic (exact) mass is 360 g/mol. The van der Waals surface area contributed by atoms with E-state index >= 15 is 0 Å². The van der Waals surface area contributed by atoms with Gasteiger partial charge in [0.2, 0.25) is 0 Å². The van der Waals surface area contributed by atoms with Gasteiger partial charge in [-0.05, 0) is 45.5 Å². The smallest absolute Gasteiger partial charge is 0.136 e. The van der Waals surface area contributed by atoms with Gasteiger partial charge in [-0.25, -0.2) is 0 Å². The number of benzene rings is 2. The van der Waals surface area contributed by atoms with Gasteiger partial charge in [0.25, 0.3) is 0 Å². The Morgan fingerprint density at radius 1 is 1.18 bits per heavy atom. The maximum absolute atomic E-state index is 6.39. The molecule has 0 radical (unpaired) electrons. The Balaban J connectivity index is 2.02. The number of methoxy groups -OCH3 is 1. The lowest BCUT2D eigenvalue weighted by atomic mass is 9.80. The maximum Gasteiger partial charge on any atom is 0.136 e. The van der Waals surface area contributed by atoms with E-state index in [1.165, 1.54) is 11.1 Å². The molecular formula is C19H21BrO2. The fourth-order valence-corrected chi connectivity index (χ4v) is 3.68. The Morgan fingerprint density at radius 3 is 2.55 bits per heavy atom. The fraction of sp³-hybridized carbons (Fsp3) is 0.368. The molecule has 2 atom stereocenters. The highest BCUT2D eigenvalue weighted by Gasteiger charge is 2.33. The van der Waals surface area contributed by atoms with Crippen molar-refractivity contribution >= 4 is 15.9 Å². The van der Waals surface area contributed by atoms with Crippen LogP contribution in [0.4, 0.5) is 0 Å². The van der Waals surface area contributed by atoms with Crippen LogP contribution < -0.4 is 9.47 Å². The Kier molecular flexibility index (Phi) is 4.44. The molecule has 0 fully saturated rings. The summed E-state index contributed by atoms with van der Waals surface area (Å²) in [6, 6.07) is 14.6. The summed E-state index contributed by atoms with van der Waals surface area (Å²) in [5, 5.41) is 0. The van der Waals surface area contributed by atoms with Crippen molar-refractivity contribution in [3.8, 4) is 11.5 Å². The molecule has 0 aliphatic carbocycles. The van der Waals surface area contributed by atoms with Crippen LogP contribution in [0, 0.1) is 11.8 Å². The third kappa shape index (κ3) is 2.87. The van der Waals surface area contributed by atoms with Gasteiger partial charge < -0.3 is 9.47 Å². The average molecular weight is 361 g/mol. The van der Waals surface area contributed by atoms with Gasteiger partial charge in [-0.3, -0.25) is 0 Å². The van der Waals surface area contributed by atoms with Crippen LogP contribution in [0.1, 0.15) is 31.1 Å². The van der Waals surface area contributed by atoms with Crippen molar-refractivity contribution in [2.24, 2.45) is 11.8 Å². The van der Waals surface area contributed by atoms with Crippen LogP contribution in [0.3, 0.4) is 0 Å². The van der Waals surface area contributed by atoms with Crippen molar-refractivity contribution in [2.45, 2.75) is 26.4 Å². The average Bonchev–Trinajstić information content (AvgIpc) is 2.53. The molecule has 0 N–H and O–H groups in total. The molecule has 0 aromatic heterocycles. The molecule has 22 heavy (non-hydrogen) atoms. The van der Waals surface area contributed by atoms with Crippen molar-refractivity contribution in [3.63, 3.8) is 0 Å². The van der Waals surface area contributed by atoms with E-state index in [0.29, 0.717) is 11.8 Å². The Bertz CT molecular complexity index is 652. The number of halogens is 1. The summed E-state index contributed by atoms with van der Waals surface area (Å²) in [5.74, 6) is 2.77. The molecule has 3 rings (SSSR count). The molecule has 0 spiro atoms. The van der Waals surface area contributed by atoms with E-state index in [1.54, 1.807) is 7.11 Å². The first-order valence-electron chi connectivity index (χ1n) is 7.68. The van der Waals surface area contributed by atoms with Gasteiger partial charge in [-0.2, -0.15) is 0 Å². The molecule has 0 saturated carbocycles. The maximum atomic E-state index is 6.39. The number of hydrogen-bond donors (Lipinski definition) is 0. The molecule has 0 unspecified atom stereocenters. The lowest BCUT2D eigenvalue weighted by molar-refractivity contribution is 0.0847. The van der Waals surface area contributed by atoms with E-state index in [0.717, 1.165) is 22.4 Å². The second-order valence-electron chi connectivity index (χ2n) is 6.16. The van der Waals surface area contributed by atoms with Crippen molar-refractivity contribution in [1.82, 2.24) is 0 Å². The predicted octanol–water partition coefficient (Wildman–Crippen LogP) is 5.41. The summed E-state index contributed by atoms with van der Waals surface area (Å²) >= 11 is 3.57. The number of fused-ring (bicyclic) bond motifs is 1. The SMILES string of the molecule is COc1cc2c(cc1Br)C[C@H](C(C)C)[C@@H](c1ccccc1)O2. The van der Waals surface area contributed by atoms with Gasteiger partial charge in [0.05, 0.1) is 11.6 Å². The van der Waals surface area contributed by atoms with Crippen molar-refractivity contribution in [1.29, 1.82) is 0 Å². The van der Waals surface area contributed by atoms with Crippen LogP contribution in [0.5, 0.6) is 11.5 Å². The highest BCUT2D eigenvalue weighted by molar-refractivity contribution is 9.10. The Hall–Kier alpha value is -1.48. The van der Waals surface area contributed by atoms with E-state index < -0.39 is 0 Å². The zero-order valence-electron chi connectivity index (χ0n) is 13.2. The second-order valence-corrected chi connectivity index (χ2v) is 7.01. The molecule has 116 valence electrons. The third-order valence-corrected chi connectivity index (χ3v) is 5.04. The topological polar surface area (TPSA) is 18.5 Å². The minimum atomic E-state index is 0.0968. The summed E-state index contributed by atoms with van der Waals surface area (Å²) < 4.78 is 12.8. The fourth-order valence-electron chi connectivity index (χ4n) is 3.13. The summed E-state index contributed by atoms with van der Waals surface area (Å²) in [4.78, 5) is 0. The molecule has 0 saturated heterocycles. The van der Waals surface area contributed by atoms with Crippen LogP contribution in [-0.4, -0.2) is 7.11 Å². The van der Waals surface area contributed by atoms with E-state index in [9.17, 15) is 0 Å². The van der Waals surface area contributed by atoms with Crippen LogP contribution in [-0.2, 0) is 6.42 Å². The normalized spacial score (nSPS) is 20.4. The van der Waals surface area contributed by atoms with E-state index in [2.05, 4.69) is 60.1 Å². The van der Waals surface area contributed by atoms with Crippen molar-refractivity contribution in [3.05, 3.63) is 58.1 Å². The molecule has 1 heterocycles. The second kappa shape index (κ2) is 6.33. The molecule has 2 nitrogen and oxygen atoms in total. The van der Waals surface area contributed by atoms with Crippen LogP contribution >= 0.6 is 15.9 Å². The molecular weight excluding hydrogens is 340 g/mol. The Labute approximate surface area is 140 Å². The molecule has 1 aliphatic heterocycles. The van der Waals surface area contributed by atoms with E-state index in [4.69, 9.17) is 9.47 Å². The minimum Gasteiger partial charge on any atom is -0.495 e. The Morgan fingerprint density at radius 2 is 1.91 bits per heavy atom. The first-order valence-corrected chi connectivity index (χ1v) is 8.47. The summed E-state index contributed by atoms with van der Waals surface area (Å²) in [7, 11) is 1.68. The van der Waals surface area contributed by atoms with E-state index in [-0.39, 0.29) is 6.10 Å². The van der Waals surface area contributed by atoms with Crippen molar-refractivity contribution < 1.29 is 9.47 Å². The molecule has 2 aromatic carbocycles. The molecule has 2 aromatic rings. The van der Waals surface area contributed by atoms with Crippen LogP contribution in [0.2, 0.25) is 0 Å². The van der Waals surface area contributed by atoms with Gasteiger partial charge in [0, 0.05) is 12.0 Å². The lowest BCUT2D eigenvalue weighted by Gasteiger charge is -2.36. The van der Waals surface area contributed by atoms with Gasteiger partial charge in [0.1, 0.15) is 17.6 Å². The van der Waals surface area contributed by atoms with Gasteiger partial charge >= 0.3 is 0 Å².